The molecule has 0 radical (unpaired) electrons. The van der Waals surface area contributed by atoms with Crippen LogP contribution in [0.2, 0.25) is 0 Å². The van der Waals surface area contributed by atoms with Gasteiger partial charge in [0.25, 0.3) is 0 Å². The molecule has 4 nitrogen and oxygen atoms in total. The van der Waals surface area contributed by atoms with Crippen LogP contribution in [0.5, 0.6) is 0 Å². The van der Waals surface area contributed by atoms with E-state index < -0.39 is 0 Å². The van der Waals surface area contributed by atoms with Crippen molar-refractivity contribution in [2.75, 3.05) is 0 Å². The number of rotatable bonds is 2. The van der Waals surface area contributed by atoms with Crippen molar-refractivity contribution in [1.29, 1.82) is 0 Å². The van der Waals surface area contributed by atoms with Gasteiger partial charge in [0, 0.05) is 0 Å². The summed E-state index contributed by atoms with van der Waals surface area (Å²) in [5, 5.41) is 6.09. The largest absolute Gasteiger partial charge is 0.150 e. The number of nitrogens with zero attached hydrogens (tertiary/aromatic N) is 2. The summed E-state index contributed by atoms with van der Waals surface area (Å²) in [6.45, 7) is 5.69. The smallest absolute Gasteiger partial charge is 0.116 e. The zero-order valence-electron chi connectivity index (χ0n) is 8.10. The molecule has 4 unspecified atom stereocenters. The standard InChI is InChI=1S/C9H14N2O2/c1-5-4-8(10-12)6(2)7(3)9(5)11-13/h4,6-9H,1-3H3. The quantitative estimate of drug-likeness (QED) is 0.486. The van der Waals surface area contributed by atoms with E-state index in [0.717, 1.165) is 5.57 Å². The highest BCUT2D eigenvalue weighted by molar-refractivity contribution is 5.19. The Balaban J connectivity index is 2.97. The summed E-state index contributed by atoms with van der Waals surface area (Å²) >= 11 is 0. The van der Waals surface area contributed by atoms with Gasteiger partial charge in [-0.1, -0.05) is 30.3 Å². The van der Waals surface area contributed by atoms with Gasteiger partial charge in [0.15, 0.2) is 0 Å². The molecule has 0 saturated carbocycles. The van der Waals surface area contributed by atoms with Crippen molar-refractivity contribution in [3.8, 4) is 0 Å². The van der Waals surface area contributed by atoms with E-state index in [4.69, 9.17) is 0 Å². The van der Waals surface area contributed by atoms with Gasteiger partial charge in [0.2, 0.25) is 0 Å². The summed E-state index contributed by atoms with van der Waals surface area (Å²) < 4.78 is 0. The van der Waals surface area contributed by atoms with Crippen LogP contribution in [0, 0.1) is 21.6 Å². The first-order valence-corrected chi connectivity index (χ1v) is 4.45. The van der Waals surface area contributed by atoms with Gasteiger partial charge in [-0.05, 0) is 24.3 Å². The minimum absolute atomic E-state index is 0.101. The Hall–Kier alpha value is -1.06. The highest BCUT2D eigenvalue weighted by Crippen LogP contribution is 2.32. The van der Waals surface area contributed by atoms with E-state index in [0.29, 0.717) is 0 Å². The highest BCUT2D eigenvalue weighted by atomic mass is 16.3. The monoisotopic (exact) mass is 182 g/mol. The molecule has 1 aliphatic carbocycles. The summed E-state index contributed by atoms with van der Waals surface area (Å²) in [6.07, 6.45) is 1.75. The first-order valence-electron chi connectivity index (χ1n) is 4.45. The molecule has 4 atom stereocenters. The normalized spacial score (nSPS) is 39.5. The van der Waals surface area contributed by atoms with Crippen LogP contribution < -0.4 is 0 Å². The molecule has 0 aromatic carbocycles. The van der Waals surface area contributed by atoms with Gasteiger partial charge in [-0.25, -0.2) is 0 Å². The molecule has 0 aliphatic heterocycles. The van der Waals surface area contributed by atoms with Gasteiger partial charge >= 0.3 is 0 Å². The van der Waals surface area contributed by atoms with E-state index in [1.165, 1.54) is 0 Å². The molecule has 1 aliphatic rings. The summed E-state index contributed by atoms with van der Waals surface area (Å²) in [6, 6.07) is -0.582. The SMILES string of the molecule is CC1=CC(N=O)C(C)C(C)C1N=O. The van der Waals surface area contributed by atoms with E-state index in [1.807, 2.05) is 20.8 Å². The van der Waals surface area contributed by atoms with Gasteiger partial charge in [-0.3, -0.25) is 0 Å². The van der Waals surface area contributed by atoms with E-state index in [-0.39, 0.29) is 23.9 Å². The van der Waals surface area contributed by atoms with Crippen molar-refractivity contribution < 1.29 is 0 Å². The predicted octanol–water partition coefficient (Wildman–Crippen LogP) is 2.49. The van der Waals surface area contributed by atoms with Crippen LogP contribution in [0.15, 0.2) is 22.0 Å². The molecule has 0 heterocycles. The van der Waals surface area contributed by atoms with E-state index in [2.05, 4.69) is 10.4 Å². The minimum Gasteiger partial charge on any atom is -0.150 e. The molecule has 0 N–H and O–H groups in total. The van der Waals surface area contributed by atoms with Crippen LogP contribution in [-0.2, 0) is 0 Å². The Kier molecular flexibility index (Phi) is 2.90. The average Bonchev–Trinajstić information content (AvgIpc) is 2.12. The summed E-state index contributed by atoms with van der Waals surface area (Å²) in [7, 11) is 0. The molecule has 0 saturated heterocycles. The van der Waals surface area contributed by atoms with Gasteiger partial charge in [0.1, 0.15) is 12.1 Å². The first kappa shape index (κ1) is 10.0. The maximum absolute atomic E-state index is 10.5. The Labute approximate surface area is 77.4 Å². The summed E-state index contributed by atoms with van der Waals surface area (Å²) in [4.78, 5) is 21.0. The van der Waals surface area contributed by atoms with Gasteiger partial charge in [0.05, 0.1) is 0 Å². The molecule has 0 aromatic heterocycles. The van der Waals surface area contributed by atoms with Crippen LogP contribution in [0.25, 0.3) is 0 Å². The molecular formula is C9H14N2O2. The maximum Gasteiger partial charge on any atom is 0.116 e. The second-order valence-electron chi connectivity index (χ2n) is 3.78. The molecule has 0 spiro atoms. The summed E-state index contributed by atoms with van der Waals surface area (Å²) in [5.41, 5.74) is 0.866. The molecule has 13 heavy (non-hydrogen) atoms. The van der Waals surface area contributed by atoms with Crippen LogP contribution in [0.3, 0.4) is 0 Å². The molecule has 1 rings (SSSR count). The number of hydrogen-bond donors (Lipinski definition) is 0. The third-order valence-electron chi connectivity index (χ3n) is 3.00. The zero-order chi connectivity index (χ0) is 10.0. The van der Waals surface area contributed by atoms with Crippen molar-refractivity contribution in [3.05, 3.63) is 21.5 Å². The Morgan fingerprint density at radius 3 is 2.23 bits per heavy atom. The van der Waals surface area contributed by atoms with Crippen LogP contribution in [-0.4, -0.2) is 12.1 Å². The minimum atomic E-state index is -0.298. The van der Waals surface area contributed by atoms with Crippen LogP contribution in [0.4, 0.5) is 0 Å². The van der Waals surface area contributed by atoms with Crippen molar-refractivity contribution in [3.63, 3.8) is 0 Å². The highest BCUT2D eigenvalue weighted by Gasteiger charge is 2.34. The molecule has 72 valence electrons. The maximum atomic E-state index is 10.5. The van der Waals surface area contributed by atoms with E-state index in [1.54, 1.807) is 6.08 Å². The lowest BCUT2D eigenvalue weighted by Crippen LogP contribution is -2.34. The fourth-order valence-electron chi connectivity index (χ4n) is 1.84. The van der Waals surface area contributed by atoms with Crippen LogP contribution in [0.1, 0.15) is 20.8 Å². The Morgan fingerprint density at radius 2 is 1.77 bits per heavy atom. The molecular weight excluding hydrogens is 168 g/mol. The molecule has 4 heteroatoms. The van der Waals surface area contributed by atoms with Crippen molar-refractivity contribution >= 4 is 0 Å². The second-order valence-corrected chi connectivity index (χ2v) is 3.78. The second kappa shape index (κ2) is 3.77. The molecule has 0 bridgehead atoms. The number of nitroso groups, excluding NO2 is 2. The fourth-order valence-corrected chi connectivity index (χ4v) is 1.84. The predicted molar refractivity (Wildman–Crippen MR) is 51.3 cm³/mol. The first-order chi connectivity index (χ1) is 6.11. The van der Waals surface area contributed by atoms with Gasteiger partial charge in [-0.15, -0.1) is 0 Å². The van der Waals surface area contributed by atoms with Gasteiger partial charge in [-0.2, -0.15) is 9.81 Å². The lowest BCUT2D eigenvalue weighted by molar-refractivity contribution is 0.303. The molecule has 0 amide bonds. The molecule has 0 fully saturated rings. The third-order valence-corrected chi connectivity index (χ3v) is 3.00. The zero-order valence-corrected chi connectivity index (χ0v) is 8.10. The topological polar surface area (TPSA) is 58.9 Å². The van der Waals surface area contributed by atoms with E-state index in [9.17, 15) is 9.81 Å². The van der Waals surface area contributed by atoms with Crippen molar-refractivity contribution in [1.82, 2.24) is 0 Å². The van der Waals surface area contributed by atoms with E-state index >= 15 is 0 Å². The average molecular weight is 182 g/mol. The Bertz CT molecular complexity index is 250. The fraction of sp³-hybridized carbons (Fsp3) is 0.778. The van der Waals surface area contributed by atoms with Crippen LogP contribution >= 0.6 is 0 Å². The lowest BCUT2D eigenvalue weighted by atomic mass is 9.76. The van der Waals surface area contributed by atoms with Gasteiger partial charge < -0.3 is 0 Å². The number of hydrogen-bond acceptors (Lipinski definition) is 4. The van der Waals surface area contributed by atoms with Crippen molar-refractivity contribution in [2.24, 2.45) is 22.2 Å². The molecule has 0 aromatic rings. The summed E-state index contributed by atoms with van der Waals surface area (Å²) in [5.74, 6) is 0.203. The Morgan fingerprint density at radius 1 is 1.15 bits per heavy atom. The van der Waals surface area contributed by atoms with Crippen molar-refractivity contribution in [2.45, 2.75) is 32.9 Å². The lowest BCUT2D eigenvalue weighted by Gasteiger charge is -2.31. The third kappa shape index (κ3) is 1.66.